The van der Waals surface area contributed by atoms with Gasteiger partial charge in [-0.1, -0.05) is 25.9 Å². The molecule has 0 bridgehead atoms. The van der Waals surface area contributed by atoms with Gasteiger partial charge < -0.3 is 0 Å². The number of hydrogen-bond acceptors (Lipinski definition) is 2. The van der Waals surface area contributed by atoms with Gasteiger partial charge >= 0.3 is 0 Å². The molecule has 0 radical (unpaired) electrons. The van der Waals surface area contributed by atoms with E-state index in [1.54, 1.807) is 0 Å². The molecule has 0 aliphatic carbocycles. The quantitative estimate of drug-likeness (QED) is 0.515. The SMILES string of the molecule is CCC1(ONC)CCC[SiH]1C. The Morgan fingerprint density at radius 2 is 2.36 bits per heavy atom. The monoisotopic (exact) mass is 173 g/mol. The first kappa shape index (κ1) is 9.23. The van der Waals surface area contributed by atoms with Gasteiger partial charge in [0, 0.05) is 7.05 Å². The molecule has 2 nitrogen and oxygen atoms in total. The molecule has 66 valence electrons. The number of rotatable bonds is 3. The maximum atomic E-state index is 5.66. The fourth-order valence-electron chi connectivity index (χ4n) is 2.17. The molecule has 0 spiro atoms. The van der Waals surface area contributed by atoms with E-state index in [1.165, 1.54) is 25.3 Å². The standard InChI is InChI=1S/C8H19NOSi/c1-4-8(10-9-2)6-5-7-11(8)3/h9,11H,4-7H2,1-3H3. The average molecular weight is 173 g/mol. The minimum absolute atomic E-state index is 0.273. The lowest BCUT2D eigenvalue weighted by Crippen LogP contribution is -2.44. The summed E-state index contributed by atoms with van der Waals surface area (Å²) < 4.78 is 0. The second-order valence-electron chi connectivity index (χ2n) is 3.52. The van der Waals surface area contributed by atoms with E-state index in [2.05, 4.69) is 19.0 Å². The van der Waals surface area contributed by atoms with E-state index in [0.29, 0.717) is 0 Å². The van der Waals surface area contributed by atoms with Crippen LogP contribution in [0.1, 0.15) is 26.2 Å². The summed E-state index contributed by atoms with van der Waals surface area (Å²) in [4.78, 5) is 5.66. The highest BCUT2D eigenvalue weighted by atomic mass is 28.3. The molecule has 11 heavy (non-hydrogen) atoms. The van der Waals surface area contributed by atoms with Crippen LogP contribution in [0.3, 0.4) is 0 Å². The van der Waals surface area contributed by atoms with Gasteiger partial charge in [0.2, 0.25) is 0 Å². The maximum Gasteiger partial charge on any atom is 0.0758 e. The first-order chi connectivity index (χ1) is 5.25. The number of hydrogen-bond donors (Lipinski definition) is 1. The molecule has 0 amide bonds. The lowest BCUT2D eigenvalue weighted by molar-refractivity contribution is -0.0485. The van der Waals surface area contributed by atoms with Gasteiger partial charge in [-0.05, 0) is 12.8 Å². The van der Waals surface area contributed by atoms with Crippen molar-refractivity contribution in [1.82, 2.24) is 5.48 Å². The van der Waals surface area contributed by atoms with Crippen molar-refractivity contribution in [3.63, 3.8) is 0 Å². The van der Waals surface area contributed by atoms with Crippen molar-refractivity contribution in [2.75, 3.05) is 7.05 Å². The van der Waals surface area contributed by atoms with Gasteiger partial charge in [-0.3, -0.25) is 4.84 Å². The summed E-state index contributed by atoms with van der Waals surface area (Å²) in [5.74, 6) is 0. The van der Waals surface area contributed by atoms with Crippen molar-refractivity contribution in [2.45, 2.75) is 44.0 Å². The number of hydroxylamine groups is 1. The molecule has 0 aromatic carbocycles. The summed E-state index contributed by atoms with van der Waals surface area (Å²) in [5.41, 5.74) is 2.87. The van der Waals surface area contributed by atoms with Crippen molar-refractivity contribution in [1.29, 1.82) is 0 Å². The van der Waals surface area contributed by atoms with Gasteiger partial charge in [0.05, 0.1) is 14.0 Å². The maximum absolute atomic E-state index is 5.66. The van der Waals surface area contributed by atoms with E-state index in [0.717, 1.165) is 0 Å². The largest absolute Gasteiger partial charge is 0.299 e. The third-order valence-electron chi connectivity index (χ3n) is 3.04. The molecule has 0 aromatic rings. The van der Waals surface area contributed by atoms with Crippen LogP contribution in [0.15, 0.2) is 0 Å². The topological polar surface area (TPSA) is 21.3 Å². The first-order valence-electron chi connectivity index (χ1n) is 4.60. The Bertz CT molecular complexity index is 131. The Labute approximate surface area is 70.9 Å². The van der Waals surface area contributed by atoms with Crippen molar-refractivity contribution in [2.24, 2.45) is 0 Å². The zero-order valence-electron chi connectivity index (χ0n) is 7.81. The van der Waals surface area contributed by atoms with Crippen molar-refractivity contribution >= 4 is 8.80 Å². The lowest BCUT2D eigenvalue weighted by atomic mass is 10.1. The fraction of sp³-hybridized carbons (Fsp3) is 1.00. The summed E-state index contributed by atoms with van der Waals surface area (Å²) in [6.07, 6.45) is 3.84. The Balaban J connectivity index is 2.57. The molecule has 1 rings (SSSR count). The summed E-state index contributed by atoms with van der Waals surface area (Å²) in [6.45, 7) is 4.67. The Kier molecular flexibility index (Phi) is 3.10. The van der Waals surface area contributed by atoms with Crippen LogP contribution in [-0.2, 0) is 4.84 Å². The molecule has 2 unspecified atom stereocenters. The van der Waals surface area contributed by atoms with E-state index in [1.807, 2.05) is 7.05 Å². The van der Waals surface area contributed by atoms with Gasteiger partial charge in [0.1, 0.15) is 0 Å². The molecule has 1 aliphatic heterocycles. The van der Waals surface area contributed by atoms with Crippen molar-refractivity contribution < 1.29 is 4.84 Å². The Hall–Kier alpha value is 0.137. The van der Waals surface area contributed by atoms with Crippen molar-refractivity contribution in [3.8, 4) is 0 Å². The van der Waals surface area contributed by atoms with Crippen LogP contribution < -0.4 is 5.48 Å². The molecule has 0 aromatic heterocycles. The molecule has 0 saturated carbocycles. The fourth-order valence-corrected chi connectivity index (χ4v) is 5.22. The predicted octanol–water partition coefficient (Wildman–Crippen LogP) is 1.48. The van der Waals surface area contributed by atoms with Gasteiger partial charge in [-0.2, -0.15) is 0 Å². The molecule has 1 N–H and O–H groups in total. The molecular weight excluding hydrogens is 154 g/mol. The van der Waals surface area contributed by atoms with Gasteiger partial charge in [-0.25, -0.2) is 5.48 Å². The highest BCUT2D eigenvalue weighted by molar-refractivity contribution is 6.61. The van der Waals surface area contributed by atoms with E-state index in [-0.39, 0.29) is 5.22 Å². The second kappa shape index (κ2) is 3.69. The Morgan fingerprint density at radius 1 is 1.64 bits per heavy atom. The molecule has 2 atom stereocenters. The third kappa shape index (κ3) is 1.66. The zero-order valence-corrected chi connectivity index (χ0v) is 8.97. The molecule has 1 heterocycles. The highest BCUT2D eigenvalue weighted by Crippen LogP contribution is 2.34. The first-order valence-corrected chi connectivity index (χ1v) is 7.15. The van der Waals surface area contributed by atoms with Crippen LogP contribution in [0, 0.1) is 0 Å². The van der Waals surface area contributed by atoms with Crippen LogP contribution in [0.5, 0.6) is 0 Å². The molecule has 3 heteroatoms. The van der Waals surface area contributed by atoms with Crippen molar-refractivity contribution in [3.05, 3.63) is 0 Å². The number of nitrogens with one attached hydrogen (secondary N) is 1. The van der Waals surface area contributed by atoms with Crippen LogP contribution in [0.4, 0.5) is 0 Å². The Morgan fingerprint density at radius 3 is 2.73 bits per heavy atom. The summed E-state index contributed by atoms with van der Waals surface area (Å²) in [5, 5.41) is 0.273. The normalized spacial score (nSPS) is 37.9. The molecule has 1 saturated heterocycles. The summed E-state index contributed by atoms with van der Waals surface area (Å²) in [6, 6.07) is 1.45. The van der Waals surface area contributed by atoms with Crippen LogP contribution >= 0.6 is 0 Å². The van der Waals surface area contributed by atoms with E-state index >= 15 is 0 Å². The minimum Gasteiger partial charge on any atom is -0.299 e. The van der Waals surface area contributed by atoms with E-state index in [4.69, 9.17) is 4.84 Å². The second-order valence-corrected chi connectivity index (χ2v) is 6.95. The van der Waals surface area contributed by atoms with E-state index < -0.39 is 8.80 Å². The van der Waals surface area contributed by atoms with Crippen LogP contribution in [0.25, 0.3) is 0 Å². The van der Waals surface area contributed by atoms with Gasteiger partial charge in [0.15, 0.2) is 0 Å². The summed E-state index contributed by atoms with van der Waals surface area (Å²) >= 11 is 0. The minimum atomic E-state index is -0.603. The highest BCUT2D eigenvalue weighted by Gasteiger charge is 2.40. The molecule has 1 aliphatic rings. The smallest absolute Gasteiger partial charge is 0.0758 e. The van der Waals surface area contributed by atoms with Crippen LogP contribution in [0.2, 0.25) is 12.6 Å². The zero-order chi connectivity index (χ0) is 8.32. The average Bonchev–Trinajstić information content (AvgIpc) is 2.35. The predicted molar refractivity (Wildman–Crippen MR) is 50.2 cm³/mol. The van der Waals surface area contributed by atoms with E-state index in [9.17, 15) is 0 Å². The third-order valence-corrected chi connectivity index (χ3v) is 6.92. The lowest BCUT2D eigenvalue weighted by Gasteiger charge is -2.30. The van der Waals surface area contributed by atoms with Gasteiger partial charge in [-0.15, -0.1) is 0 Å². The molecule has 1 fully saturated rings. The van der Waals surface area contributed by atoms with Crippen LogP contribution in [-0.4, -0.2) is 21.1 Å². The summed E-state index contributed by atoms with van der Waals surface area (Å²) in [7, 11) is 1.27. The molecular formula is C8H19NOSi. The van der Waals surface area contributed by atoms with Gasteiger partial charge in [0.25, 0.3) is 0 Å².